The molecule has 0 saturated heterocycles. The summed E-state index contributed by atoms with van der Waals surface area (Å²) >= 11 is 0. The molecule has 4 N–H and O–H groups in total. The van der Waals surface area contributed by atoms with Gasteiger partial charge in [-0.25, -0.2) is 0 Å². The average molecular weight is 274 g/mol. The first-order valence-corrected chi connectivity index (χ1v) is 6.34. The number of rotatable bonds is 5. The Kier molecular flexibility index (Phi) is 4.37. The SMILES string of the molecule is COc1ccc(-c2cc(CCN)[nH]n2)cc1NC(C)=O. The fourth-order valence-corrected chi connectivity index (χ4v) is 1.95. The summed E-state index contributed by atoms with van der Waals surface area (Å²) in [5.41, 5.74) is 8.83. The van der Waals surface area contributed by atoms with Crippen molar-refractivity contribution in [3.8, 4) is 17.0 Å². The number of nitrogens with one attached hydrogen (secondary N) is 2. The van der Waals surface area contributed by atoms with Crippen LogP contribution in [0.25, 0.3) is 11.3 Å². The summed E-state index contributed by atoms with van der Waals surface area (Å²) in [6.45, 7) is 2.03. The van der Waals surface area contributed by atoms with Gasteiger partial charge in [0.1, 0.15) is 5.75 Å². The average Bonchev–Trinajstić information content (AvgIpc) is 2.87. The van der Waals surface area contributed by atoms with E-state index in [-0.39, 0.29) is 5.91 Å². The number of nitrogens with two attached hydrogens (primary N) is 1. The van der Waals surface area contributed by atoms with E-state index >= 15 is 0 Å². The van der Waals surface area contributed by atoms with Crippen LogP contribution in [-0.4, -0.2) is 29.8 Å². The molecule has 6 heteroatoms. The topological polar surface area (TPSA) is 93.0 Å². The van der Waals surface area contributed by atoms with Crippen LogP contribution >= 0.6 is 0 Å². The van der Waals surface area contributed by atoms with Gasteiger partial charge in [-0.2, -0.15) is 5.10 Å². The first kappa shape index (κ1) is 14.1. The zero-order valence-electron chi connectivity index (χ0n) is 11.6. The lowest BCUT2D eigenvalue weighted by molar-refractivity contribution is -0.114. The second kappa shape index (κ2) is 6.21. The Hall–Kier alpha value is -2.34. The summed E-state index contributed by atoms with van der Waals surface area (Å²) in [4.78, 5) is 11.2. The molecule has 1 heterocycles. The van der Waals surface area contributed by atoms with Crippen LogP contribution in [-0.2, 0) is 11.2 Å². The molecule has 0 atom stereocenters. The molecule has 2 aromatic rings. The van der Waals surface area contributed by atoms with Crippen LogP contribution in [0, 0.1) is 0 Å². The number of ether oxygens (including phenoxy) is 1. The van der Waals surface area contributed by atoms with Crippen LogP contribution in [0.15, 0.2) is 24.3 Å². The molecule has 0 spiro atoms. The predicted octanol–water partition coefficient (Wildman–Crippen LogP) is 1.54. The molecule has 0 bridgehead atoms. The van der Waals surface area contributed by atoms with E-state index in [0.29, 0.717) is 18.0 Å². The molecule has 0 saturated carbocycles. The van der Waals surface area contributed by atoms with Gasteiger partial charge >= 0.3 is 0 Å². The molecule has 6 nitrogen and oxygen atoms in total. The molecule has 1 aromatic heterocycles. The van der Waals surface area contributed by atoms with E-state index < -0.39 is 0 Å². The number of carbonyl (C=O) groups excluding carboxylic acids is 1. The molecule has 0 aliphatic rings. The van der Waals surface area contributed by atoms with Gasteiger partial charge in [0.25, 0.3) is 0 Å². The third kappa shape index (κ3) is 3.16. The summed E-state index contributed by atoms with van der Waals surface area (Å²) < 4.78 is 5.22. The maximum Gasteiger partial charge on any atom is 0.221 e. The maximum atomic E-state index is 11.2. The van der Waals surface area contributed by atoms with Gasteiger partial charge in [-0.05, 0) is 30.8 Å². The summed E-state index contributed by atoms with van der Waals surface area (Å²) in [5.74, 6) is 0.466. The Morgan fingerprint density at radius 1 is 1.45 bits per heavy atom. The fraction of sp³-hybridized carbons (Fsp3) is 0.286. The lowest BCUT2D eigenvalue weighted by Crippen LogP contribution is -2.07. The number of hydrogen-bond donors (Lipinski definition) is 3. The molecule has 106 valence electrons. The third-order valence-corrected chi connectivity index (χ3v) is 2.85. The highest BCUT2D eigenvalue weighted by Crippen LogP contribution is 2.30. The first-order valence-electron chi connectivity index (χ1n) is 6.34. The Bertz CT molecular complexity index is 607. The van der Waals surface area contributed by atoms with E-state index in [1.807, 2.05) is 18.2 Å². The molecule has 1 amide bonds. The van der Waals surface area contributed by atoms with Crippen molar-refractivity contribution in [1.82, 2.24) is 10.2 Å². The van der Waals surface area contributed by atoms with E-state index in [2.05, 4.69) is 15.5 Å². The summed E-state index contributed by atoms with van der Waals surface area (Å²) in [7, 11) is 1.56. The number of benzene rings is 1. The Balaban J connectivity index is 2.33. The second-order valence-electron chi connectivity index (χ2n) is 4.41. The van der Waals surface area contributed by atoms with Gasteiger partial charge in [-0.3, -0.25) is 9.89 Å². The van der Waals surface area contributed by atoms with Crippen molar-refractivity contribution in [2.45, 2.75) is 13.3 Å². The number of anilines is 1. The van der Waals surface area contributed by atoms with Gasteiger partial charge in [0.15, 0.2) is 0 Å². The highest BCUT2D eigenvalue weighted by molar-refractivity contribution is 5.91. The van der Waals surface area contributed by atoms with Gasteiger partial charge < -0.3 is 15.8 Å². The van der Waals surface area contributed by atoms with Crippen molar-refractivity contribution >= 4 is 11.6 Å². The minimum absolute atomic E-state index is 0.147. The number of aromatic amines is 1. The molecule has 0 aliphatic carbocycles. The van der Waals surface area contributed by atoms with Crippen LogP contribution in [0.4, 0.5) is 5.69 Å². The first-order chi connectivity index (χ1) is 9.63. The quantitative estimate of drug-likeness (QED) is 0.771. The lowest BCUT2D eigenvalue weighted by Gasteiger charge is -2.10. The fourth-order valence-electron chi connectivity index (χ4n) is 1.95. The molecule has 0 aliphatic heterocycles. The number of amides is 1. The predicted molar refractivity (Wildman–Crippen MR) is 77.6 cm³/mol. The maximum absolute atomic E-state index is 11.2. The van der Waals surface area contributed by atoms with E-state index in [1.54, 1.807) is 13.2 Å². The number of nitrogens with zero attached hydrogens (tertiary/aromatic N) is 1. The van der Waals surface area contributed by atoms with Crippen molar-refractivity contribution in [3.05, 3.63) is 30.0 Å². The molecule has 1 aromatic carbocycles. The standard InChI is InChI=1S/C14H18N4O2/c1-9(19)16-13-7-10(3-4-14(13)20-2)12-8-11(5-6-15)17-18-12/h3-4,7-8H,5-6,15H2,1-2H3,(H,16,19)(H,17,18). The van der Waals surface area contributed by atoms with Crippen LogP contribution < -0.4 is 15.8 Å². The van der Waals surface area contributed by atoms with E-state index in [0.717, 1.165) is 23.4 Å². The Morgan fingerprint density at radius 2 is 2.25 bits per heavy atom. The smallest absolute Gasteiger partial charge is 0.221 e. The van der Waals surface area contributed by atoms with Gasteiger partial charge in [0, 0.05) is 24.6 Å². The minimum atomic E-state index is -0.147. The zero-order chi connectivity index (χ0) is 14.5. The molecular weight excluding hydrogens is 256 g/mol. The monoisotopic (exact) mass is 274 g/mol. The second-order valence-corrected chi connectivity index (χ2v) is 4.41. The van der Waals surface area contributed by atoms with Gasteiger partial charge in [-0.15, -0.1) is 0 Å². The van der Waals surface area contributed by atoms with Crippen LogP contribution in [0.1, 0.15) is 12.6 Å². The van der Waals surface area contributed by atoms with E-state index in [4.69, 9.17) is 10.5 Å². The number of aromatic nitrogens is 2. The summed E-state index contributed by atoms with van der Waals surface area (Å²) in [6, 6.07) is 7.49. The summed E-state index contributed by atoms with van der Waals surface area (Å²) in [5, 5.41) is 9.94. The number of carbonyl (C=O) groups is 1. The lowest BCUT2D eigenvalue weighted by atomic mass is 10.1. The minimum Gasteiger partial charge on any atom is -0.495 e. The molecule has 0 unspecified atom stereocenters. The summed E-state index contributed by atoms with van der Waals surface area (Å²) in [6.07, 6.45) is 0.752. The van der Waals surface area contributed by atoms with Crippen LogP contribution in [0.5, 0.6) is 5.75 Å². The van der Waals surface area contributed by atoms with Gasteiger partial charge in [0.05, 0.1) is 18.5 Å². The largest absolute Gasteiger partial charge is 0.495 e. The molecule has 0 radical (unpaired) electrons. The highest BCUT2D eigenvalue weighted by atomic mass is 16.5. The molecule has 0 fully saturated rings. The highest BCUT2D eigenvalue weighted by Gasteiger charge is 2.09. The Labute approximate surface area is 117 Å². The van der Waals surface area contributed by atoms with Gasteiger partial charge in [-0.1, -0.05) is 0 Å². The van der Waals surface area contributed by atoms with Crippen LogP contribution in [0.3, 0.4) is 0 Å². The van der Waals surface area contributed by atoms with Gasteiger partial charge in [0.2, 0.25) is 5.91 Å². The Morgan fingerprint density at radius 3 is 2.90 bits per heavy atom. The normalized spacial score (nSPS) is 10.3. The van der Waals surface area contributed by atoms with Crippen molar-refractivity contribution in [3.63, 3.8) is 0 Å². The van der Waals surface area contributed by atoms with E-state index in [1.165, 1.54) is 6.92 Å². The number of H-pyrrole nitrogens is 1. The van der Waals surface area contributed by atoms with Crippen LogP contribution in [0.2, 0.25) is 0 Å². The van der Waals surface area contributed by atoms with Crippen molar-refractivity contribution in [1.29, 1.82) is 0 Å². The molecule has 20 heavy (non-hydrogen) atoms. The number of hydrogen-bond acceptors (Lipinski definition) is 4. The van der Waals surface area contributed by atoms with E-state index in [9.17, 15) is 4.79 Å². The van der Waals surface area contributed by atoms with Crippen molar-refractivity contribution < 1.29 is 9.53 Å². The zero-order valence-corrected chi connectivity index (χ0v) is 11.6. The van der Waals surface area contributed by atoms with Crippen molar-refractivity contribution in [2.75, 3.05) is 19.0 Å². The molecule has 2 rings (SSSR count). The molecular formula is C14H18N4O2. The third-order valence-electron chi connectivity index (χ3n) is 2.85. The van der Waals surface area contributed by atoms with Crippen molar-refractivity contribution in [2.24, 2.45) is 5.73 Å². The number of methoxy groups -OCH3 is 1.